The van der Waals surface area contributed by atoms with Crippen LogP contribution in [0.2, 0.25) is 0 Å². The number of carboxylic acids is 1. The highest BCUT2D eigenvalue weighted by atomic mass is 16.5. The van der Waals surface area contributed by atoms with Gasteiger partial charge >= 0.3 is 5.97 Å². The molecule has 3 nitrogen and oxygen atoms in total. The van der Waals surface area contributed by atoms with Gasteiger partial charge in [0.05, 0.1) is 11.5 Å². The lowest BCUT2D eigenvalue weighted by molar-refractivity contribution is -0.147. The van der Waals surface area contributed by atoms with Crippen LogP contribution < -0.4 is 0 Å². The Morgan fingerprint density at radius 2 is 1.95 bits per heavy atom. The van der Waals surface area contributed by atoms with Gasteiger partial charge in [-0.2, -0.15) is 0 Å². The van der Waals surface area contributed by atoms with E-state index in [1.165, 1.54) is 19.3 Å². The molecule has 1 aliphatic rings. The van der Waals surface area contributed by atoms with Crippen LogP contribution in [0.25, 0.3) is 0 Å². The summed E-state index contributed by atoms with van der Waals surface area (Å²) in [5.41, 5.74) is -0.611. The van der Waals surface area contributed by atoms with Gasteiger partial charge in [0.15, 0.2) is 0 Å². The number of carboxylic acid groups (broad SMARTS) is 1. The summed E-state index contributed by atoms with van der Waals surface area (Å²) in [6.45, 7) is 11.3. The van der Waals surface area contributed by atoms with E-state index in [-0.39, 0.29) is 0 Å². The lowest BCUT2D eigenvalue weighted by atomic mass is 9.75. The molecule has 0 aliphatic heterocycles. The first-order chi connectivity index (χ1) is 9.74. The maximum Gasteiger partial charge on any atom is 0.309 e. The minimum absolute atomic E-state index is 0.404. The molecular formula is C18H34O3. The molecule has 124 valence electrons. The van der Waals surface area contributed by atoms with Crippen LogP contribution in [0.3, 0.4) is 0 Å². The van der Waals surface area contributed by atoms with Gasteiger partial charge in [0.25, 0.3) is 0 Å². The fourth-order valence-corrected chi connectivity index (χ4v) is 3.32. The molecule has 0 saturated heterocycles. The van der Waals surface area contributed by atoms with Crippen molar-refractivity contribution in [1.29, 1.82) is 0 Å². The Bertz CT molecular complexity index is 322. The molecule has 0 aromatic carbocycles. The Kier molecular flexibility index (Phi) is 7.19. The lowest BCUT2D eigenvalue weighted by Gasteiger charge is -2.37. The number of hydrogen-bond acceptors (Lipinski definition) is 2. The number of rotatable bonds is 8. The number of carbonyl (C=O) groups is 1. The van der Waals surface area contributed by atoms with Crippen LogP contribution in [0, 0.1) is 23.2 Å². The highest BCUT2D eigenvalue weighted by Crippen LogP contribution is 2.35. The van der Waals surface area contributed by atoms with E-state index >= 15 is 0 Å². The molecule has 0 amide bonds. The van der Waals surface area contributed by atoms with Crippen LogP contribution in [0.5, 0.6) is 0 Å². The molecule has 1 fully saturated rings. The van der Waals surface area contributed by atoms with Crippen LogP contribution in [-0.4, -0.2) is 23.8 Å². The van der Waals surface area contributed by atoms with Gasteiger partial charge in [-0.15, -0.1) is 0 Å². The standard InChI is InChI=1S/C18H34O3/c1-13(2)15-9-8-14(3)12-16(15)21-11-7-6-10-18(4,5)17(19)20/h13-16H,6-12H2,1-5H3,(H,19,20). The number of ether oxygens (including phenoxy) is 1. The molecule has 21 heavy (non-hydrogen) atoms. The highest BCUT2D eigenvalue weighted by Gasteiger charge is 2.31. The third-order valence-electron chi connectivity index (χ3n) is 5.07. The summed E-state index contributed by atoms with van der Waals surface area (Å²) in [6.07, 6.45) is 6.82. The van der Waals surface area contributed by atoms with E-state index < -0.39 is 11.4 Å². The van der Waals surface area contributed by atoms with Crippen molar-refractivity contribution >= 4 is 5.97 Å². The maximum absolute atomic E-state index is 11.1. The molecule has 0 aromatic heterocycles. The van der Waals surface area contributed by atoms with Crippen molar-refractivity contribution in [3.63, 3.8) is 0 Å². The maximum atomic E-state index is 11.1. The molecule has 1 aliphatic carbocycles. The molecular weight excluding hydrogens is 264 g/mol. The summed E-state index contributed by atoms with van der Waals surface area (Å²) in [5.74, 6) is 1.45. The topological polar surface area (TPSA) is 46.5 Å². The smallest absolute Gasteiger partial charge is 0.309 e. The van der Waals surface area contributed by atoms with Gasteiger partial charge < -0.3 is 9.84 Å². The molecule has 0 radical (unpaired) electrons. The van der Waals surface area contributed by atoms with Gasteiger partial charge in [-0.05, 0) is 57.3 Å². The van der Waals surface area contributed by atoms with E-state index in [2.05, 4.69) is 20.8 Å². The Labute approximate surface area is 130 Å². The zero-order chi connectivity index (χ0) is 16.0. The molecule has 0 spiro atoms. The van der Waals surface area contributed by atoms with Crippen LogP contribution in [0.15, 0.2) is 0 Å². The first-order valence-electron chi connectivity index (χ1n) is 8.59. The first kappa shape index (κ1) is 18.5. The first-order valence-corrected chi connectivity index (χ1v) is 8.59. The van der Waals surface area contributed by atoms with E-state index in [1.807, 2.05) is 0 Å². The molecule has 0 heterocycles. The van der Waals surface area contributed by atoms with Crippen molar-refractivity contribution in [1.82, 2.24) is 0 Å². The van der Waals surface area contributed by atoms with Gasteiger partial charge in [-0.3, -0.25) is 4.79 Å². The van der Waals surface area contributed by atoms with Crippen LogP contribution in [0.1, 0.15) is 73.1 Å². The van der Waals surface area contributed by atoms with Crippen LogP contribution >= 0.6 is 0 Å². The monoisotopic (exact) mass is 298 g/mol. The zero-order valence-electron chi connectivity index (χ0n) is 14.5. The third-order valence-corrected chi connectivity index (χ3v) is 5.07. The van der Waals surface area contributed by atoms with E-state index in [1.54, 1.807) is 13.8 Å². The predicted molar refractivity (Wildman–Crippen MR) is 86.4 cm³/mol. The van der Waals surface area contributed by atoms with Gasteiger partial charge in [0, 0.05) is 6.61 Å². The number of unbranched alkanes of at least 4 members (excludes halogenated alkanes) is 1. The highest BCUT2D eigenvalue weighted by molar-refractivity contribution is 5.73. The van der Waals surface area contributed by atoms with E-state index in [9.17, 15) is 4.79 Å². The quantitative estimate of drug-likeness (QED) is 0.658. The van der Waals surface area contributed by atoms with Crippen molar-refractivity contribution in [3.8, 4) is 0 Å². The van der Waals surface area contributed by atoms with Crippen LogP contribution in [-0.2, 0) is 9.53 Å². The summed E-state index contributed by atoms with van der Waals surface area (Å²) in [4.78, 5) is 11.1. The second-order valence-corrected chi connectivity index (χ2v) is 7.88. The number of aliphatic carboxylic acids is 1. The summed E-state index contributed by atoms with van der Waals surface area (Å²) in [5, 5.41) is 9.10. The van der Waals surface area contributed by atoms with Gasteiger partial charge in [0.2, 0.25) is 0 Å². The molecule has 0 aromatic rings. The minimum Gasteiger partial charge on any atom is -0.481 e. The molecule has 1 N–H and O–H groups in total. The van der Waals surface area contributed by atoms with Gasteiger partial charge in [0.1, 0.15) is 0 Å². The molecule has 3 atom stereocenters. The average molecular weight is 298 g/mol. The normalized spacial score (nSPS) is 27.0. The third kappa shape index (κ3) is 5.98. The van der Waals surface area contributed by atoms with Crippen molar-refractivity contribution in [2.45, 2.75) is 79.2 Å². The Balaban J connectivity index is 2.28. The summed E-state index contributed by atoms with van der Waals surface area (Å²) in [6, 6.07) is 0. The number of hydrogen-bond donors (Lipinski definition) is 1. The van der Waals surface area contributed by atoms with Gasteiger partial charge in [-0.1, -0.05) is 33.6 Å². The molecule has 1 rings (SSSR count). The zero-order valence-corrected chi connectivity index (χ0v) is 14.5. The minimum atomic E-state index is -0.704. The van der Waals surface area contributed by atoms with E-state index in [0.717, 1.165) is 31.8 Å². The fraction of sp³-hybridized carbons (Fsp3) is 0.944. The summed E-state index contributed by atoms with van der Waals surface area (Å²) in [7, 11) is 0. The summed E-state index contributed by atoms with van der Waals surface area (Å²) < 4.78 is 6.16. The second-order valence-electron chi connectivity index (χ2n) is 7.88. The second kappa shape index (κ2) is 8.17. The van der Waals surface area contributed by atoms with E-state index in [4.69, 9.17) is 9.84 Å². The lowest BCUT2D eigenvalue weighted by Crippen LogP contribution is -2.34. The Morgan fingerprint density at radius 1 is 1.29 bits per heavy atom. The fourth-order valence-electron chi connectivity index (χ4n) is 3.32. The SMILES string of the molecule is CC1CCC(C(C)C)C(OCCCCC(C)(C)C(=O)O)C1. The van der Waals surface area contributed by atoms with Crippen molar-refractivity contribution in [2.75, 3.05) is 6.61 Å². The van der Waals surface area contributed by atoms with Crippen molar-refractivity contribution in [2.24, 2.45) is 23.2 Å². The van der Waals surface area contributed by atoms with E-state index in [0.29, 0.717) is 17.9 Å². The van der Waals surface area contributed by atoms with Crippen molar-refractivity contribution < 1.29 is 14.6 Å². The van der Waals surface area contributed by atoms with Crippen molar-refractivity contribution in [3.05, 3.63) is 0 Å². The predicted octanol–water partition coefficient (Wildman–Crippen LogP) is 4.74. The Morgan fingerprint density at radius 3 is 2.52 bits per heavy atom. The van der Waals surface area contributed by atoms with Gasteiger partial charge in [-0.25, -0.2) is 0 Å². The van der Waals surface area contributed by atoms with Crippen LogP contribution in [0.4, 0.5) is 0 Å². The molecule has 0 bridgehead atoms. The Hall–Kier alpha value is -0.570. The molecule has 3 heteroatoms. The molecule has 1 saturated carbocycles. The average Bonchev–Trinajstić information content (AvgIpc) is 2.37. The molecule has 3 unspecified atom stereocenters. The summed E-state index contributed by atoms with van der Waals surface area (Å²) >= 11 is 0. The largest absolute Gasteiger partial charge is 0.481 e.